The second-order valence-corrected chi connectivity index (χ2v) is 8.92. The van der Waals surface area contributed by atoms with E-state index in [4.69, 9.17) is 0 Å². The number of nitrogens with zero attached hydrogens (tertiary/aromatic N) is 1. The van der Waals surface area contributed by atoms with E-state index in [-0.39, 0.29) is 34.6 Å². The summed E-state index contributed by atoms with van der Waals surface area (Å²) >= 11 is 0. The van der Waals surface area contributed by atoms with Crippen molar-refractivity contribution in [2.45, 2.75) is 22.9 Å². The summed E-state index contributed by atoms with van der Waals surface area (Å²) in [5.41, 5.74) is 1.33. The molecule has 0 saturated heterocycles. The van der Waals surface area contributed by atoms with Gasteiger partial charge in [-0.1, -0.05) is 30.3 Å². The van der Waals surface area contributed by atoms with E-state index in [1.165, 1.54) is 30.5 Å². The third kappa shape index (κ3) is 4.34. The van der Waals surface area contributed by atoms with E-state index in [0.717, 1.165) is 17.7 Å². The number of hydrogen-bond donors (Lipinski definition) is 1. The highest BCUT2D eigenvalue weighted by molar-refractivity contribution is 7.91. The van der Waals surface area contributed by atoms with Gasteiger partial charge in [0.2, 0.25) is 15.7 Å². The number of aromatic nitrogens is 1. The van der Waals surface area contributed by atoms with Gasteiger partial charge < -0.3 is 9.88 Å². The summed E-state index contributed by atoms with van der Waals surface area (Å²) in [6, 6.07) is 17.3. The lowest BCUT2D eigenvalue weighted by Gasteiger charge is -2.07. The van der Waals surface area contributed by atoms with E-state index in [9.17, 15) is 22.0 Å². The topological polar surface area (TPSA) is 68.2 Å². The predicted octanol–water partition coefficient (Wildman–Crippen LogP) is 4.07. The van der Waals surface area contributed by atoms with Crippen LogP contribution in [0.2, 0.25) is 0 Å². The van der Waals surface area contributed by atoms with Crippen molar-refractivity contribution in [3.05, 3.63) is 96.2 Å². The molecule has 4 aromatic rings. The number of halogens is 2. The molecular weight excluding hydrogens is 422 g/mol. The van der Waals surface area contributed by atoms with Gasteiger partial charge in [0, 0.05) is 23.6 Å². The van der Waals surface area contributed by atoms with Crippen molar-refractivity contribution in [3.63, 3.8) is 0 Å². The van der Waals surface area contributed by atoms with Gasteiger partial charge in [-0.25, -0.2) is 17.2 Å². The molecule has 0 unspecified atom stereocenters. The van der Waals surface area contributed by atoms with Crippen LogP contribution in [0.25, 0.3) is 10.9 Å². The first-order chi connectivity index (χ1) is 14.8. The largest absolute Gasteiger partial charge is 0.350 e. The quantitative estimate of drug-likeness (QED) is 0.460. The van der Waals surface area contributed by atoms with Gasteiger partial charge >= 0.3 is 0 Å². The van der Waals surface area contributed by atoms with E-state index in [1.807, 2.05) is 0 Å². The van der Waals surface area contributed by atoms with Crippen LogP contribution in [0.5, 0.6) is 0 Å². The monoisotopic (exact) mass is 440 g/mol. The summed E-state index contributed by atoms with van der Waals surface area (Å²) in [5.74, 6) is -1.21. The molecule has 3 aromatic carbocycles. The molecule has 0 atom stereocenters. The molecule has 1 heterocycles. The number of fused-ring (bicyclic) bond motifs is 1. The molecule has 4 rings (SSSR count). The van der Waals surface area contributed by atoms with E-state index in [1.54, 1.807) is 41.0 Å². The van der Waals surface area contributed by atoms with Crippen molar-refractivity contribution in [2.75, 3.05) is 0 Å². The lowest BCUT2D eigenvalue weighted by atomic mass is 10.2. The first kappa shape index (κ1) is 20.7. The van der Waals surface area contributed by atoms with Crippen molar-refractivity contribution in [1.82, 2.24) is 9.88 Å². The Morgan fingerprint density at radius 3 is 2.16 bits per heavy atom. The summed E-state index contributed by atoms with van der Waals surface area (Å²) in [6.45, 7) is 0.125. The standard InChI is InChI=1S/C23H18F2N2O3S/c24-17-7-5-16(6-8-17)13-26-23(28)15-27-14-22(20-3-1-2-4-21(20)27)31(29,30)19-11-9-18(25)10-12-19/h1-12,14H,13,15H2,(H,26,28). The van der Waals surface area contributed by atoms with E-state index >= 15 is 0 Å². The second kappa shape index (κ2) is 8.31. The van der Waals surface area contributed by atoms with Crippen molar-refractivity contribution < 1.29 is 22.0 Å². The van der Waals surface area contributed by atoms with Crippen LogP contribution in [-0.4, -0.2) is 18.9 Å². The first-order valence-corrected chi connectivity index (χ1v) is 10.9. The summed E-state index contributed by atoms with van der Waals surface area (Å²) in [4.78, 5) is 12.5. The normalized spacial score (nSPS) is 11.5. The Balaban J connectivity index is 1.61. The average molecular weight is 440 g/mol. The fourth-order valence-corrected chi connectivity index (χ4v) is 4.79. The number of hydrogen-bond acceptors (Lipinski definition) is 3. The Bertz CT molecular complexity index is 1350. The molecule has 158 valence electrons. The molecule has 0 spiro atoms. The smallest absolute Gasteiger partial charge is 0.240 e. The maximum absolute atomic E-state index is 13.2. The van der Waals surface area contributed by atoms with Crippen LogP contribution in [0, 0.1) is 11.6 Å². The number of amides is 1. The van der Waals surface area contributed by atoms with Crippen LogP contribution in [0.3, 0.4) is 0 Å². The molecule has 31 heavy (non-hydrogen) atoms. The highest BCUT2D eigenvalue weighted by atomic mass is 32.2. The lowest BCUT2D eigenvalue weighted by Crippen LogP contribution is -2.26. The first-order valence-electron chi connectivity index (χ1n) is 9.44. The Kier molecular flexibility index (Phi) is 5.56. The van der Waals surface area contributed by atoms with Crippen molar-refractivity contribution in [2.24, 2.45) is 0 Å². The minimum Gasteiger partial charge on any atom is -0.350 e. The molecule has 0 radical (unpaired) electrons. The fourth-order valence-electron chi connectivity index (χ4n) is 3.31. The van der Waals surface area contributed by atoms with Crippen molar-refractivity contribution in [3.8, 4) is 0 Å². The molecule has 0 bridgehead atoms. The third-order valence-electron chi connectivity index (χ3n) is 4.88. The molecule has 0 saturated carbocycles. The van der Waals surface area contributed by atoms with Crippen LogP contribution < -0.4 is 5.32 Å². The van der Waals surface area contributed by atoms with Gasteiger partial charge in [0.15, 0.2) is 0 Å². The van der Waals surface area contributed by atoms with Crippen LogP contribution in [0.4, 0.5) is 8.78 Å². The molecule has 0 aliphatic rings. The number of nitrogens with one attached hydrogen (secondary N) is 1. The zero-order valence-electron chi connectivity index (χ0n) is 16.3. The average Bonchev–Trinajstić information content (AvgIpc) is 3.13. The van der Waals surface area contributed by atoms with Gasteiger partial charge in [-0.2, -0.15) is 0 Å². The van der Waals surface area contributed by atoms with Crippen LogP contribution in [-0.2, 0) is 27.7 Å². The fraction of sp³-hybridized carbons (Fsp3) is 0.0870. The Labute approximate surface area is 177 Å². The Hall–Kier alpha value is -3.52. The predicted molar refractivity (Wildman–Crippen MR) is 112 cm³/mol. The van der Waals surface area contributed by atoms with Gasteiger partial charge in [0.05, 0.1) is 9.79 Å². The minimum absolute atomic E-state index is 0.0300. The van der Waals surface area contributed by atoms with Crippen LogP contribution >= 0.6 is 0 Å². The second-order valence-electron chi connectivity index (χ2n) is 7.00. The number of para-hydroxylation sites is 1. The van der Waals surface area contributed by atoms with Crippen LogP contribution in [0.15, 0.2) is 88.8 Å². The molecule has 0 aliphatic heterocycles. The highest BCUT2D eigenvalue weighted by Gasteiger charge is 2.24. The van der Waals surface area contributed by atoms with E-state index in [0.29, 0.717) is 10.9 Å². The van der Waals surface area contributed by atoms with E-state index < -0.39 is 15.7 Å². The SMILES string of the molecule is O=C(Cn1cc(S(=O)(=O)c2ccc(F)cc2)c2ccccc21)NCc1ccc(F)cc1. The summed E-state index contributed by atoms with van der Waals surface area (Å²) in [6.07, 6.45) is 1.42. The highest BCUT2D eigenvalue weighted by Crippen LogP contribution is 2.30. The zero-order valence-corrected chi connectivity index (χ0v) is 17.1. The maximum atomic E-state index is 13.2. The van der Waals surface area contributed by atoms with Gasteiger partial charge in [-0.3, -0.25) is 4.79 Å². The third-order valence-corrected chi connectivity index (χ3v) is 6.68. The van der Waals surface area contributed by atoms with Gasteiger partial charge in [0.1, 0.15) is 18.2 Å². The molecule has 5 nitrogen and oxygen atoms in total. The molecule has 1 N–H and O–H groups in total. The van der Waals surface area contributed by atoms with Crippen LogP contribution in [0.1, 0.15) is 5.56 Å². The Morgan fingerprint density at radius 1 is 0.871 bits per heavy atom. The van der Waals surface area contributed by atoms with E-state index in [2.05, 4.69) is 5.32 Å². The Morgan fingerprint density at radius 2 is 1.48 bits per heavy atom. The maximum Gasteiger partial charge on any atom is 0.240 e. The van der Waals surface area contributed by atoms with Gasteiger partial charge in [0.25, 0.3) is 0 Å². The van der Waals surface area contributed by atoms with Gasteiger partial charge in [-0.15, -0.1) is 0 Å². The minimum atomic E-state index is -3.91. The van der Waals surface area contributed by atoms with Crippen molar-refractivity contribution in [1.29, 1.82) is 0 Å². The number of benzene rings is 3. The molecule has 8 heteroatoms. The number of carbonyl (C=O) groups is 1. The number of sulfone groups is 1. The number of rotatable bonds is 6. The molecular formula is C23H18F2N2O3S. The zero-order chi connectivity index (χ0) is 22.0. The summed E-state index contributed by atoms with van der Waals surface area (Å²) in [5, 5.41) is 3.21. The van der Waals surface area contributed by atoms with Gasteiger partial charge in [-0.05, 0) is 48.0 Å². The molecule has 1 aromatic heterocycles. The summed E-state index contributed by atoms with van der Waals surface area (Å²) < 4.78 is 54.1. The molecule has 1 amide bonds. The lowest BCUT2D eigenvalue weighted by molar-refractivity contribution is -0.121. The van der Waals surface area contributed by atoms with Crippen molar-refractivity contribution >= 4 is 26.6 Å². The number of carbonyl (C=O) groups excluding carboxylic acids is 1. The molecule has 0 fully saturated rings. The molecule has 0 aliphatic carbocycles. The summed E-state index contributed by atoms with van der Waals surface area (Å²) in [7, 11) is -3.91.